The van der Waals surface area contributed by atoms with Crippen molar-refractivity contribution >= 4 is 29.5 Å². The van der Waals surface area contributed by atoms with Crippen LogP contribution in [0.3, 0.4) is 0 Å². The monoisotopic (exact) mass is 355 g/mol. The largest absolute Gasteiger partial charge is 0.480 e. The van der Waals surface area contributed by atoms with Crippen LogP contribution < -0.4 is 16.0 Å². The Morgan fingerprint density at radius 3 is 2.33 bits per heavy atom. The first-order valence-electron chi connectivity index (χ1n) is 7.61. The van der Waals surface area contributed by atoms with E-state index >= 15 is 0 Å². The number of hydrogen-bond acceptors (Lipinski definition) is 3. The number of urea groups is 1. The van der Waals surface area contributed by atoms with Crippen LogP contribution in [-0.4, -0.2) is 35.6 Å². The quantitative estimate of drug-likeness (QED) is 0.569. The highest BCUT2D eigenvalue weighted by atomic mass is 35.5. The Morgan fingerprint density at radius 1 is 1.17 bits per heavy atom. The van der Waals surface area contributed by atoms with E-state index in [0.717, 1.165) is 5.56 Å². The molecule has 0 spiro atoms. The van der Waals surface area contributed by atoms with Gasteiger partial charge in [-0.25, -0.2) is 9.59 Å². The third-order valence-corrected chi connectivity index (χ3v) is 3.82. The average molecular weight is 356 g/mol. The lowest BCUT2D eigenvalue weighted by Crippen LogP contribution is -2.49. The van der Waals surface area contributed by atoms with Gasteiger partial charge in [0, 0.05) is 11.6 Å². The molecular formula is C16H22ClN3O4. The molecule has 4 N–H and O–H groups in total. The number of carbonyl (C=O) groups is 3. The van der Waals surface area contributed by atoms with E-state index < -0.39 is 23.9 Å². The predicted molar refractivity (Wildman–Crippen MR) is 90.7 cm³/mol. The van der Waals surface area contributed by atoms with Crippen molar-refractivity contribution < 1.29 is 19.5 Å². The smallest absolute Gasteiger partial charge is 0.326 e. The molecule has 1 rings (SSSR count). The Balaban J connectivity index is 2.36. The second-order valence-corrected chi connectivity index (χ2v) is 5.87. The molecule has 0 unspecified atom stereocenters. The minimum atomic E-state index is -1.09. The maximum atomic E-state index is 11.8. The number of carboxylic acid groups (broad SMARTS) is 1. The molecule has 1 aromatic carbocycles. The van der Waals surface area contributed by atoms with Gasteiger partial charge in [0.25, 0.3) is 0 Å². The van der Waals surface area contributed by atoms with Crippen LogP contribution in [0.4, 0.5) is 4.79 Å². The highest BCUT2D eigenvalue weighted by Gasteiger charge is 2.25. The van der Waals surface area contributed by atoms with Crippen LogP contribution in [0.1, 0.15) is 25.8 Å². The van der Waals surface area contributed by atoms with Gasteiger partial charge in [-0.15, -0.1) is 0 Å². The molecule has 0 aliphatic carbocycles. The van der Waals surface area contributed by atoms with E-state index in [1.807, 2.05) is 6.92 Å². The zero-order valence-electron chi connectivity index (χ0n) is 13.6. The summed E-state index contributed by atoms with van der Waals surface area (Å²) in [6, 6.07) is 5.49. The minimum Gasteiger partial charge on any atom is -0.480 e. The number of halogens is 1. The summed E-state index contributed by atoms with van der Waals surface area (Å²) in [5.74, 6) is -1.85. The van der Waals surface area contributed by atoms with Gasteiger partial charge in [-0.1, -0.05) is 44.0 Å². The summed E-state index contributed by atoms with van der Waals surface area (Å²) >= 11 is 5.77. The minimum absolute atomic E-state index is 0.204. The van der Waals surface area contributed by atoms with Crippen LogP contribution in [0.15, 0.2) is 24.3 Å². The fourth-order valence-corrected chi connectivity index (χ4v) is 2.04. The highest BCUT2D eigenvalue weighted by molar-refractivity contribution is 6.30. The van der Waals surface area contributed by atoms with Gasteiger partial charge in [0.2, 0.25) is 5.91 Å². The van der Waals surface area contributed by atoms with E-state index in [0.29, 0.717) is 11.4 Å². The molecule has 0 saturated heterocycles. The number of hydrogen-bond donors (Lipinski definition) is 4. The molecule has 0 fully saturated rings. The lowest BCUT2D eigenvalue weighted by Gasteiger charge is -2.20. The summed E-state index contributed by atoms with van der Waals surface area (Å²) in [6.07, 6.45) is 0.617. The third kappa shape index (κ3) is 6.87. The van der Waals surface area contributed by atoms with Gasteiger partial charge in [-0.2, -0.15) is 0 Å². The zero-order chi connectivity index (χ0) is 18.1. The van der Waals surface area contributed by atoms with E-state index in [2.05, 4.69) is 16.0 Å². The van der Waals surface area contributed by atoms with Gasteiger partial charge < -0.3 is 21.1 Å². The van der Waals surface area contributed by atoms with Crippen LogP contribution in [0.2, 0.25) is 5.02 Å². The van der Waals surface area contributed by atoms with Crippen LogP contribution >= 0.6 is 11.6 Å². The fraction of sp³-hybridized carbons (Fsp3) is 0.438. The molecule has 3 amide bonds. The van der Waals surface area contributed by atoms with Crippen molar-refractivity contribution in [1.82, 2.24) is 16.0 Å². The maximum Gasteiger partial charge on any atom is 0.326 e. The summed E-state index contributed by atoms with van der Waals surface area (Å²) in [5.41, 5.74) is 0.863. The van der Waals surface area contributed by atoms with E-state index in [1.165, 1.54) is 0 Å². The fourth-order valence-electron chi connectivity index (χ4n) is 1.92. The van der Waals surface area contributed by atoms with Crippen molar-refractivity contribution in [2.45, 2.75) is 32.9 Å². The second kappa shape index (κ2) is 9.77. The van der Waals surface area contributed by atoms with Gasteiger partial charge in [0.05, 0.1) is 6.54 Å². The Morgan fingerprint density at radius 2 is 1.79 bits per heavy atom. The molecule has 8 heteroatoms. The van der Waals surface area contributed by atoms with Gasteiger partial charge in [0.15, 0.2) is 0 Å². The molecule has 0 bridgehead atoms. The Hall–Kier alpha value is -2.28. The standard InChI is InChI=1S/C16H22ClN3O4/c1-3-10(2)14(15(22)23)20-13(21)9-19-16(24)18-8-11-4-6-12(17)7-5-11/h4-7,10,14H,3,8-9H2,1-2H3,(H,20,21)(H,22,23)(H2,18,19,24)/t10-,14-/m0/s1. The number of amides is 3. The Labute approximate surface area is 145 Å². The normalized spacial score (nSPS) is 12.8. The van der Waals surface area contributed by atoms with Crippen molar-refractivity contribution in [3.8, 4) is 0 Å². The Bertz CT molecular complexity index is 577. The van der Waals surface area contributed by atoms with Gasteiger partial charge in [0.1, 0.15) is 6.04 Å². The molecule has 0 aliphatic rings. The average Bonchev–Trinajstić information content (AvgIpc) is 2.56. The van der Waals surface area contributed by atoms with Crippen LogP contribution in [0.25, 0.3) is 0 Å². The first-order chi connectivity index (χ1) is 11.3. The van der Waals surface area contributed by atoms with Crippen LogP contribution in [-0.2, 0) is 16.1 Å². The van der Waals surface area contributed by atoms with E-state index in [-0.39, 0.29) is 19.0 Å². The van der Waals surface area contributed by atoms with Crippen molar-refractivity contribution in [3.05, 3.63) is 34.9 Å². The summed E-state index contributed by atoms with van der Waals surface area (Å²) in [5, 5.41) is 17.1. The second-order valence-electron chi connectivity index (χ2n) is 5.43. The van der Waals surface area contributed by atoms with Gasteiger partial charge in [-0.3, -0.25) is 4.79 Å². The molecule has 0 heterocycles. The molecule has 1 aromatic rings. The highest BCUT2D eigenvalue weighted by Crippen LogP contribution is 2.09. The number of aliphatic carboxylic acids is 1. The first kappa shape index (κ1) is 19.8. The molecule has 0 radical (unpaired) electrons. The molecule has 0 saturated carbocycles. The molecule has 132 valence electrons. The zero-order valence-corrected chi connectivity index (χ0v) is 14.4. The molecule has 7 nitrogen and oxygen atoms in total. The van der Waals surface area contributed by atoms with E-state index in [4.69, 9.17) is 16.7 Å². The number of rotatable bonds is 8. The van der Waals surface area contributed by atoms with Crippen LogP contribution in [0, 0.1) is 5.92 Å². The molecule has 24 heavy (non-hydrogen) atoms. The Kier molecular flexibility index (Phi) is 8.05. The van der Waals surface area contributed by atoms with Crippen molar-refractivity contribution in [2.24, 2.45) is 5.92 Å². The van der Waals surface area contributed by atoms with Gasteiger partial charge >= 0.3 is 12.0 Å². The lowest BCUT2D eigenvalue weighted by molar-refractivity contribution is -0.143. The first-order valence-corrected chi connectivity index (χ1v) is 7.99. The SMILES string of the molecule is CC[C@H](C)[C@H](NC(=O)CNC(=O)NCc1ccc(Cl)cc1)C(=O)O. The van der Waals surface area contributed by atoms with Gasteiger partial charge in [-0.05, 0) is 23.6 Å². The van der Waals surface area contributed by atoms with E-state index in [9.17, 15) is 14.4 Å². The lowest BCUT2D eigenvalue weighted by atomic mass is 9.99. The topological polar surface area (TPSA) is 108 Å². The number of carbonyl (C=O) groups excluding carboxylic acids is 2. The van der Waals surface area contributed by atoms with E-state index in [1.54, 1.807) is 31.2 Å². The molecule has 0 aromatic heterocycles. The third-order valence-electron chi connectivity index (χ3n) is 3.57. The predicted octanol–water partition coefficient (Wildman–Crippen LogP) is 1.75. The number of benzene rings is 1. The summed E-state index contributed by atoms with van der Waals surface area (Å²) in [4.78, 5) is 34.5. The summed E-state index contributed by atoms with van der Waals surface area (Å²) in [7, 11) is 0. The molecular weight excluding hydrogens is 334 g/mol. The molecule has 0 aliphatic heterocycles. The molecule has 2 atom stereocenters. The van der Waals surface area contributed by atoms with Crippen molar-refractivity contribution in [3.63, 3.8) is 0 Å². The summed E-state index contributed by atoms with van der Waals surface area (Å²) < 4.78 is 0. The van der Waals surface area contributed by atoms with Crippen molar-refractivity contribution in [1.29, 1.82) is 0 Å². The number of carboxylic acids is 1. The van der Waals surface area contributed by atoms with Crippen LogP contribution in [0.5, 0.6) is 0 Å². The summed E-state index contributed by atoms with van der Waals surface area (Å²) in [6.45, 7) is 3.57. The number of nitrogens with one attached hydrogen (secondary N) is 3. The van der Waals surface area contributed by atoms with Crippen molar-refractivity contribution in [2.75, 3.05) is 6.54 Å². The maximum absolute atomic E-state index is 11.8.